The van der Waals surface area contributed by atoms with E-state index in [1.165, 1.54) is 5.56 Å². The zero-order chi connectivity index (χ0) is 24.1. The predicted molar refractivity (Wildman–Crippen MR) is 129 cm³/mol. The minimum atomic E-state index is -0.495. The Morgan fingerprint density at radius 2 is 1.74 bits per heavy atom. The molecule has 34 heavy (non-hydrogen) atoms. The van der Waals surface area contributed by atoms with E-state index in [4.69, 9.17) is 19.9 Å². The highest BCUT2D eigenvalue weighted by Gasteiger charge is 2.31. The quantitative estimate of drug-likeness (QED) is 0.375. The van der Waals surface area contributed by atoms with E-state index in [1.807, 2.05) is 37.3 Å². The summed E-state index contributed by atoms with van der Waals surface area (Å²) in [5.74, 6) is 0.670. The van der Waals surface area contributed by atoms with Crippen LogP contribution >= 0.6 is 0 Å². The molecule has 6 heteroatoms. The molecule has 2 N–H and O–H groups in total. The van der Waals surface area contributed by atoms with Gasteiger partial charge in [0.15, 0.2) is 0 Å². The molecule has 1 heterocycles. The average Bonchev–Trinajstić information content (AvgIpc) is 2.87. The molecule has 0 aliphatic carbocycles. The fraction of sp³-hybridized carbons (Fsp3) is 0.214. The van der Waals surface area contributed by atoms with Crippen molar-refractivity contribution in [3.8, 4) is 23.3 Å². The number of fused-ring (bicyclic) bond motifs is 1. The second-order valence-corrected chi connectivity index (χ2v) is 7.98. The lowest BCUT2D eigenvalue weighted by Crippen LogP contribution is -2.21. The molecule has 3 aromatic rings. The van der Waals surface area contributed by atoms with Crippen molar-refractivity contribution in [2.45, 2.75) is 32.6 Å². The summed E-state index contributed by atoms with van der Waals surface area (Å²) in [6.07, 6.45) is 1.83. The van der Waals surface area contributed by atoms with Crippen molar-refractivity contribution in [2.75, 3.05) is 6.61 Å². The zero-order valence-electron chi connectivity index (χ0n) is 19.2. The summed E-state index contributed by atoms with van der Waals surface area (Å²) < 4.78 is 16.9. The molecule has 0 spiro atoms. The number of nitrogens with two attached hydrogens (primary N) is 1. The van der Waals surface area contributed by atoms with Crippen LogP contribution in [0.15, 0.2) is 78.2 Å². The van der Waals surface area contributed by atoms with Crippen molar-refractivity contribution in [3.63, 3.8) is 0 Å². The van der Waals surface area contributed by atoms with Gasteiger partial charge in [-0.1, -0.05) is 44.2 Å². The molecule has 4 rings (SSSR count). The average molecular weight is 455 g/mol. The van der Waals surface area contributed by atoms with Gasteiger partial charge in [-0.05, 0) is 54.3 Å². The number of carbonyl (C=O) groups is 1. The molecular weight excluding hydrogens is 428 g/mol. The number of esters is 1. The van der Waals surface area contributed by atoms with Crippen LogP contribution in [0.4, 0.5) is 0 Å². The maximum Gasteiger partial charge on any atom is 0.343 e. The first-order valence-electron chi connectivity index (χ1n) is 11.3. The van der Waals surface area contributed by atoms with Crippen LogP contribution in [0.2, 0.25) is 0 Å². The molecule has 172 valence electrons. The number of hydrogen-bond acceptors (Lipinski definition) is 6. The van der Waals surface area contributed by atoms with Crippen LogP contribution in [0.1, 0.15) is 53.2 Å². The van der Waals surface area contributed by atoms with Crippen LogP contribution in [0.5, 0.6) is 17.2 Å². The Morgan fingerprint density at radius 1 is 1.03 bits per heavy atom. The van der Waals surface area contributed by atoms with E-state index in [0.717, 1.165) is 24.0 Å². The van der Waals surface area contributed by atoms with E-state index in [-0.39, 0.29) is 11.8 Å². The van der Waals surface area contributed by atoms with E-state index in [9.17, 15) is 10.1 Å². The van der Waals surface area contributed by atoms with Crippen LogP contribution in [-0.4, -0.2) is 12.6 Å². The van der Waals surface area contributed by atoms with Gasteiger partial charge in [0.25, 0.3) is 0 Å². The maximum atomic E-state index is 12.6. The standard InChI is InChI=1S/C28H26N2O4/c1-3-15-32-21-11-9-20(10-12-21)28(31)33-22-13-14-23-25(16-22)34-27(30)24(17-29)26(23)19-7-5-18(4-2)6-8-19/h5-14,16,26H,3-4,15,30H2,1-2H3. The Balaban J connectivity index is 1.58. The molecule has 0 radical (unpaired) electrons. The minimum Gasteiger partial charge on any atom is -0.494 e. The highest BCUT2D eigenvalue weighted by molar-refractivity contribution is 5.91. The maximum absolute atomic E-state index is 12.6. The molecule has 3 aromatic carbocycles. The largest absolute Gasteiger partial charge is 0.494 e. The minimum absolute atomic E-state index is 0.0470. The van der Waals surface area contributed by atoms with Crippen LogP contribution < -0.4 is 19.9 Å². The third-order valence-electron chi connectivity index (χ3n) is 5.69. The Hall–Kier alpha value is -4.24. The highest BCUT2D eigenvalue weighted by atomic mass is 16.5. The zero-order valence-corrected chi connectivity index (χ0v) is 19.2. The predicted octanol–water partition coefficient (Wildman–Crippen LogP) is 5.48. The molecule has 1 atom stereocenters. The molecular formula is C28H26N2O4. The third kappa shape index (κ3) is 4.74. The lowest BCUT2D eigenvalue weighted by molar-refractivity contribution is 0.0734. The number of rotatable bonds is 7. The number of hydrogen-bond donors (Lipinski definition) is 1. The van der Waals surface area contributed by atoms with Gasteiger partial charge in [0.2, 0.25) is 5.88 Å². The number of aryl methyl sites for hydroxylation is 1. The second-order valence-electron chi connectivity index (χ2n) is 7.98. The highest BCUT2D eigenvalue weighted by Crippen LogP contribution is 2.43. The first kappa shape index (κ1) is 22.9. The van der Waals surface area contributed by atoms with Crippen molar-refractivity contribution >= 4 is 5.97 Å². The Kier molecular flexibility index (Phi) is 6.84. The van der Waals surface area contributed by atoms with Gasteiger partial charge in [0.05, 0.1) is 18.1 Å². The fourth-order valence-electron chi connectivity index (χ4n) is 3.86. The first-order valence-corrected chi connectivity index (χ1v) is 11.3. The number of benzene rings is 3. The number of carbonyl (C=O) groups excluding carboxylic acids is 1. The number of allylic oxidation sites excluding steroid dienone is 1. The van der Waals surface area contributed by atoms with Crippen molar-refractivity contribution in [1.29, 1.82) is 5.26 Å². The SMILES string of the molecule is CCCOc1ccc(C(=O)Oc2ccc3c(c2)OC(N)=C(C#N)C3c2ccc(CC)cc2)cc1. The van der Waals surface area contributed by atoms with Gasteiger partial charge >= 0.3 is 5.97 Å². The molecule has 0 fully saturated rings. The van der Waals surface area contributed by atoms with Gasteiger partial charge in [-0.25, -0.2) is 4.79 Å². The van der Waals surface area contributed by atoms with Crippen LogP contribution in [0.3, 0.4) is 0 Å². The van der Waals surface area contributed by atoms with Gasteiger partial charge in [-0.15, -0.1) is 0 Å². The smallest absolute Gasteiger partial charge is 0.343 e. The van der Waals surface area contributed by atoms with Gasteiger partial charge < -0.3 is 19.9 Å². The topological polar surface area (TPSA) is 94.6 Å². The summed E-state index contributed by atoms with van der Waals surface area (Å²) in [5.41, 5.74) is 9.79. The fourth-order valence-corrected chi connectivity index (χ4v) is 3.86. The van der Waals surface area contributed by atoms with Crippen LogP contribution in [0, 0.1) is 11.3 Å². The van der Waals surface area contributed by atoms with Gasteiger partial charge in [0, 0.05) is 11.6 Å². The van der Waals surface area contributed by atoms with Crippen LogP contribution in [0.25, 0.3) is 0 Å². The molecule has 0 aromatic heterocycles. The summed E-state index contributed by atoms with van der Waals surface area (Å²) >= 11 is 0. The van der Waals surface area contributed by atoms with Gasteiger partial charge in [-0.3, -0.25) is 0 Å². The van der Waals surface area contributed by atoms with Crippen molar-refractivity contribution in [2.24, 2.45) is 5.73 Å². The molecule has 1 aliphatic rings. The number of ether oxygens (including phenoxy) is 3. The van der Waals surface area contributed by atoms with Gasteiger partial charge in [-0.2, -0.15) is 5.26 Å². The second kappa shape index (κ2) is 10.1. The van der Waals surface area contributed by atoms with Crippen LogP contribution in [-0.2, 0) is 6.42 Å². The molecule has 1 aliphatic heterocycles. The monoisotopic (exact) mass is 454 g/mol. The van der Waals surface area contributed by atoms with Crippen molar-refractivity contribution < 1.29 is 19.0 Å². The van der Waals surface area contributed by atoms with Crippen molar-refractivity contribution in [1.82, 2.24) is 0 Å². The normalized spacial score (nSPS) is 14.6. The first-order chi connectivity index (χ1) is 16.5. The lowest BCUT2D eigenvalue weighted by atomic mass is 9.83. The molecule has 1 unspecified atom stereocenters. The summed E-state index contributed by atoms with van der Waals surface area (Å²) in [4.78, 5) is 12.6. The molecule has 0 saturated heterocycles. The van der Waals surface area contributed by atoms with E-state index < -0.39 is 5.97 Å². The van der Waals surface area contributed by atoms with Gasteiger partial charge in [0.1, 0.15) is 28.9 Å². The summed E-state index contributed by atoms with van der Waals surface area (Å²) in [6.45, 7) is 4.74. The van der Waals surface area contributed by atoms with E-state index in [0.29, 0.717) is 35.0 Å². The molecule has 0 amide bonds. The van der Waals surface area contributed by atoms with E-state index in [1.54, 1.807) is 36.4 Å². The number of nitrogens with zero attached hydrogens (tertiary/aromatic N) is 1. The van der Waals surface area contributed by atoms with E-state index in [2.05, 4.69) is 13.0 Å². The van der Waals surface area contributed by atoms with E-state index >= 15 is 0 Å². The Bertz CT molecular complexity index is 1260. The lowest BCUT2D eigenvalue weighted by Gasteiger charge is -2.26. The Labute approximate surface area is 199 Å². The molecule has 0 bridgehead atoms. The van der Waals surface area contributed by atoms with Crippen molar-refractivity contribution in [3.05, 3.63) is 100 Å². The molecule has 6 nitrogen and oxygen atoms in total. The number of nitriles is 1. The third-order valence-corrected chi connectivity index (χ3v) is 5.69. The molecule has 0 saturated carbocycles. The summed E-state index contributed by atoms with van der Waals surface area (Å²) in [5, 5.41) is 9.74. The summed E-state index contributed by atoms with van der Waals surface area (Å²) in [7, 11) is 0. The summed E-state index contributed by atoms with van der Waals surface area (Å²) in [6, 6.07) is 22.2. The Morgan fingerprint density at radius 3 is 2.38 bits per heavy atom.